The van der Waals surface area contributed by atoms with E-state index in [4.69, 9.17) is 0 Å². The van der Waals surface area contributed by atoms with Gasteiger partial charge in [0.25, 0.3) is 0 Å². The molecular weight excluding hydrogens is 761 g/mol. The summed E-state index contributed by atoms with van der Waals surface area (Å²) in [5.41, 5.74) is 19.3. The van der Waals surface area contributed by atoms with Gasteiger partial charge in [-0.2, -0.15) is 0 Å². The molecule has 0 unspecified atom stereocenters. The van der Waals surface area contributed by atoms with Gasteiger partial charge in [0.1, 0.15) is 0 Å². The van der Waals surface area contributed by atoms with Gasteiger partial charge >= 0.3 is 0 Å². The number of anilines is 3. The summed E-state index contributed by atoms with van der Waals surface area (Å²) in [6, 6.07) is 84.5. The first-order valence-electron chi connectivity index (χ1n) is 21.9. The minimum absolute atomic E-state index is 0.236. The second kappa shape index (κ2) is 14.6. The molecule has 0 amide bonds. The Hall–Kier alpha value is -7.94. The van der Waals surface area contributed by atoms with Crippen LogP contribution in [0, 0.1) is 0 Å². The van der Waals surface area contributed by atoms with Crippen LogP contribution in [0.4, 0.5) is 17.1 Å². The topological polar surface area (TPSA) is 8.17 Å². The van der Waals surface area contributed by atoms with Gasteiger partial charge in [-0.05, 0) is 110 Å². The average molecular weight is 805 g/mol. The Kier molecular flexibility index (Phi) is 8.55. The van der Waals surface area contributed by atoms with Crippen molar-refractivity contribution in [1.82, 2.24) is 4.57 Å². The largest absolute Gasteiger partial charge is 0.310 e. The summed E-state index contributed by atoms with van der Waals surface area (Å²) in [5, 5.41) is 5.04. The van der Waals surface area contributed by atoms with Crippen LogP contribution in [0.15, 0.2) is 231 Å². The predicted octanol–water partition coefficient (Wildman–Crippen LogP) is 16.7. The van der Waals surface area contributed by atoms with Crippen LogP contribution < -0.4 is 4.90 Å². The zero-order chi connectivity index (χ0) is 42.1. The standard InChI is InChI=1S/C61H44N2/c1-61(2)56-38-45(46-30-35-54-55-36-28-44-20-12-13-24-51(44)60(55)63(59(54)39-46)47-21-10-5-11-22-47)29-34-52(56)53-37-33-49(40-57(53)61)62(48-31-26-42(27-32-48)41-16-6-3-7-17-41)58-25-15-14-23-50(58)43-18-8-4-9-19-43/h3-40H,1-2H3. The van der Waals surface area contributed by atoms with Crippen LogP contribution in [0.25, 0.3) is 82.8 Å². The maximum atomic E-state index is 2.46. The monoisotopic (exact) mass is 804 g/mol. The summed E-state index contributed by atoms with van der Waals surface area (Å²) < 4.78 is 2.46. The van der Waals surface area contributed by atoms with E-state index in [9.17, 15) is 0 Å². The molecule has 12 rings (SSSR count). The molecule has 11 aromatic rings. The fourth-order valence-corrected chi connectivity index (χ4v) is 10.2. The van der Waals surface area contributed by atoms with Crippen molar-refractivity contribution in [1.29, 1.82) is 0 Å². The summed E-state index contributed by atoms with van der Waals surface area (Å²) in [6.45, 7) is 4.79. The molecule has 0 spiro atoms. The van der Waals surface area contributed by atoms with Gasteiger partial charge in [0, 0.05) is 44.2 Å². The van der Waals surface area contributed by atoms with Gasteiger partial charge in [0.2, 0.25) is 0 Å². The van der Waals surface area contributed by atoms with Gasteiger partial charge in [-0.25, -0.2) is 0 Å². The second-order valence-corrected chi connectivity index (χ2v) is 17.3. The summed E-state index contributed by atoms with van der Waals surface area (Å²) in [6.07, 6.45) is 0. The third-order valence-electron chi connectivity index (χ3n) is 13.4. The highest BCUT2D eigenvalue weighted by molar-refractivity contribution is 6.19. The Labute approximate surface area is 368 Å². The van der Waals surface area contributed by atoms with Crippen LogP contribution >= 0.6 is 0 Å². The molecule has 1 aromatic heterocycles. The zero-order valence-electron chi connectivity index (χ0n) is 35.3. The van der Waals surface area contributed by atoms with E-state index in [1.165, 1.54) is 93.9 Å². The average Bonchev–Trinajstić information content (AvgIpc) is 3.80. The minimum atomic E-state index is -0.236. The highest BCUT2D eigenvalue weighted by Crippen LogP contribution is 2.52. The molecule has 1 aliphatic rings. The first kappa shape index (κ1) is 36.9. The van der Waals surface area contributed by atoms with Crippen LogP contribution in [0.2, 0.25) is 0 Å². The lowest BCUT2D eigenvalue weighted by atomic mass is 9.81. The SMILES string of the molecule is CC1(C)c2cc(-c3ccc4c5ccc6ccccc6c5n(-c5ccccc5)c4c3)ccc2-c2ccc(N(c3ccc(-c4ccccc4)cc3)c3ccccc3-c3ccccc3)cc21. The van der Waals surface area contributed by atoms with Crippen LogP contribution in [-0.2, 0) is 5.41 Å². The molecule has 0 fully saturated rings. The van der Waals surface area contributed by atoms with E-state index in [1.54, 1.807) is 0 Å². The normalized spacial score (nSPS) is 12.7. The smallest absolute Gasteiger partial charge is 0.0619 e. The van der Waals surface area contributed by atoms with Crippen LogP contribution in [-0.4, -0.2) is 4.57 Å². The van der Waals surface area contributed by atoms with Crippen molar-refractivity contribution in [3.8, 4) is 50.2 Å². The van der Waals surface area contributed by atoms with Gasteiger partial charge in [-0.3, -0.25) is 0 Å². The van der Waals surface area contributed by atoms with Gasteiger partial charge in [-0.1, -0.05) is 190 Å². The molecule has 2 nitrogen and oxygen atoms in total. The Balaban J connectivity index is 0.976. The Morgan fingerprint density at radius 2 is 0.921 bits per heavy atom. The van der Waals surface area contributed by atoms with Crippen LogP contribution in [0.3, 0.4) is 0 Å². The molecule has 63 heavy (non-hydrogen) atoms. The van der Waals surface area contributed by atoms with Crippen molar-refractivity contribution < 1.29 is 0 Å². The maximum absolute atomic E-state index is 2.46. The number of hydrogen-bond donors (Lipinski definition) is 0. The second-order valence-electron chi connectivity index (χ2n) is 17.3. The van der Waals surface area contributed by atoms with Crippen LogP contribution in [0.1, 0.15) is 25.0 Å². The van der Waals surface area contributed by atoms with E-state index < -0.39 is 0 Å². The zero-order valence-corrected chi connectivity index (χ0v) is 35.3. The highest BCUT2D eigenvalue weighted by Gasteiger charge is 2.36. The highest BCUT2D eigenvalue weighted by atomic mass is 15.1. The molecular formula is C61H44N2. The minimum Gasteiger partial charge on any atom is -0.310 e. The molecule has 0 saturated heterocycles. The Morgan fingerprint density at radius 3 is 1.70 bits per heavy atom. The van der Waals surface area contributed by atoms with E-state index in [-0.39, 0.29) is 5.41 Å². The number of fused-ring (bicyclic) bond motifs is 8. The summed E-state index contributed by atoms with van der Waals surface area (Å²) in [5.74, 6) is 0. The van der Waals surface area contributed by atoms with Gasteiger partial charge < -0.3 is 9.47 Å². The van der Waals surface area contributed by atoms with E-state index >= 15 is 0 Å². The van der Waals surface area contributed by atoms with Crippen molar-refractivity contribution in [2.24, 2.45) is 0 Å². The van der Waals surface area contributed by atoms with Crippen molar-refractivity contribution >= 4 is 49.6 Å². The number of rotatable bonds is 7. The fraction of sp³-hybridized carbons (Fsp3) is 0.0492. The van der Waals surface area contributed by atoms with E-state index in [0.29, 0.717) is 0 Å². The fourth-order valence-electron chi connectivity index (χ4n) is 10.2. The Bertz CT molecular complexity index is 3510. The molecule has 2 heteroatoms. The third-order valence-corrected chi connectivity index (χ3v) is 13.4. The summed E-state index contributed by atoms with van der Waals surface area (Å²) in [4.78, 5) is 2.44. The molecule has 0 bridgehead atoms. The van der Waals surface area contributed by atoms with Gasteiger partial charge in [0.15, 0.2) is 0 Å². The quantitative estimate of drug-likeness (QED) is 0.156. The van der Waals surface area contributed by atoms with E-state index in [1.807, 2.05) is 0 Å². The van der Waals surface area contributed by atoms with Gasteiger partial charge in [-0.15, -0.1) is 0 Å². The van der Waals surface area contributed by atoms with Crippen molar-refractivity contribution in [2.75, 3.05) is 4.90 Å². The molecule has 0 saturated carbocycles. The number of para-hydroxylation sites is 2. The van der Waals surface area contributed by atoms with Crippen molar-refractivity contribution in [3.05, 3.63) is 242 Å². The third kappa shape index (κ3) is 6.02. The van der Waals surface area contributed by atoms with Crippen molar-refractivity contribution in [2.45, 2.75) is 19.3 Å². The first-order valence-corrected chi connectivity index (χ1v) is 21.9. The lowest BCUT2D eigenvalue weighted by molar-refractivity contribution is 0.660. The number of aromatic nitrogens is 1. The van der Waals surface area contributed by atoms with E-state index in [2.05, 4.69) is 254 Å². The molecule has 0 atom stereocenters. The molecule has 1 heterocycles. The van der Waals surface area contributed by atoms with Crippen LogP contribution in [0.5, 0.6) is 0 Å². The van der Waals surface area contributed by atoms with E-state index in [0.717, 1.165) is 17.1 Å². The molecule has 10 aromatic carbocycles. The van der Waals surface area contributed by atoms with Crippen molar-refractivity contribution in [3.63, 3.8) is 0 Å². The lowest BCUT2D eigenvalue weighted by Crippen LogP contribution is -2.17. The molecule has 1 aliphatic carbocycles. The lowest BCUT2D eigenvalue weighted by Gasteiger charge is -2.30. The molecule has 0 aliphatic heterocycles. The van der Waals surface area contributed by atoms with Gasteiger partial charge in [0.05, 0.1) is 16.7 Å². The molecule has 298 valence electrons. The predicted molar refractivity (Wildman–Crippen MR) is 267 cm³/mol. The summed E-state index contributed by atoms with van der Waals surface area (Å²) in [7, 11) is 0. The summed E-state index contributed by atoms with van der Waals surface area (Å²) >= 11 is 0. The number of nitrogens with zero attached hydrogens (tertiary/aromatic N) is 2. The molecule has 0 radical (unpaired) electrons. The number of benzene rings is 10. The maximum Gasteiger partial charge on any atom is 0.0619 e. The number of hydrogen-bond acceptors (Lipinski definition) is 1. The first-order chi connectivity index (χ1) is 31.0. The Morgan fingerprint density at radius 1 is 0.365 bits per heavy atom. The molecule has 0 N–H and O–H groups in total.